The first-order valence-corrected chi connectivity index (χ1v) is 9.10. The number of amides is 1. The van der Waals surface area contributed by atoms with Crippen LogP contribution in [0.25, 0.3) is 11.0 Å². The normalized spacial score (nSPS) is 15.4. The van der Waals surface area contributed by atoms with Crippen molar-refractivity contribution in [3.8, 4) is 0 Å². The van der Waals surface area contributed by atoms with Gasteiger partial charge in [-0.25, -0.2) is 4.98 Å². The number of aryl methyl sites for hydroxylation is 2. The van der Waals surface area contributed by atoms with Crippen molar-refractivity contribution in [2.75, 3.05) is 26.2 Å². The molecule has 0 spiro atoms. The van der Waals surface area contributed by atoms with Gasteiger partial charge in [-0.05, 0) is 45.0 Å². The highest BCUT2D eigenvalue weighted by molar-refractivity contribution is 5.77. The number of hydrogen-bond acceptors (Lipinski definition) is 4. The lowest BCUT2D eigenvalue weighted by Crippen LogP contribution is -2.38. The Morgan fingerprint density at radius 2 is 1.92 bits per heavy atom. The van der Waals surface area contributed by atoms with E-state index in [9.17, 15) is 9.59 Å². The molecule has 0 atom stereocenters. The summed E-state index contributed by atoms with van der Waals surface area (Å²) in [5.41, 5.74) is 1.90. The molecule has 1 fully saturated rings. The van der Waals surface area contributed by atoms with E-state index in [4.69, 9.17) is 0 Å². The predicted octanol–water partition coefficient (Wildman–Crippen LogP) is 1.70. The highest BCUT2D eigenvalue weighted by atomic mass is 16.2. The van der Waals surface area contributed by atoms with Crippen molar-refractivity contribution in [1.29, 1.82) is 0 Å². The third-order valence-electron chi connectivity index (χ3n) is 4.78. The van der Waals surface area contributed by atoms with Crippen molar-refractivity contribution in [2.24, 2.45) is 0 Å². The van der Waals surface area contributed by atoms with Crippen LogP contribution in [0.3, 0.4) is 0 Å². The first kappa shape index (κ1) is 17.6. The van der Waals surface area contributed by atoms with Gasteiger partial charge in [0.15, 0.2) is 0 Å². The van der Waals surface area contributed by atoms with Crippen LogP contribution >= 0.6 is 0 Å². The second-order valence-electron chi connectivity index (χ2n) is 6.64. The van der Waals surface area contributed by atoms with E-state index in [1.165, 1.54) is 19.3 Å². The largest absolute Gasteiger partial charge is 0.355 e. The molecular weight excluding hydrogens is 316 g/mol. The quantitative estimate of drug-likeness (QED) is 0.868. The molecule has 0 radical (unpaired) electrons. The zero-order chi connectivity index (χ0) is 17.6. The zero-order valence-corrected chi connectivity index (χ0v) is 14.8. The van der Waals surface area contributed by atoms with Gasteiger partial charge in [-0.15, -0.1) is 0 Å². The van der Waals surface area contributed by atoms with Gasteiger partial charge in [0.2, 0.25) is 5.91 Å². The van der Waals surface area contributed by atoms with Gasteiger partial charge in [0.05, 0.1) is 11.0 Å². The lowest BCUT2D eigenvalue weighted by atomic mass is 10.1. The van der Waals surface area contributed by atoms with E-state index in [1.54, 1.807) is 11.5 Å². The van der Waals surface area contributed by atoms with Crippen molar-refractivity contribution in [2.45, 2.75) is 39.2 Å². The maximum absolute atomic E-state index is 12.4. The summed E-state index contributed by atoms with van der Waals surface area (Å²) < 4.78 is 1.65. The number of piperidine rings is 1. The van der Waals surface area contributed by atoms with E-state index in [0.29, 0.717) is 25.2 Å². The van der Waals surface area contributed by atoms with Gasteiger partial charge in [-0.1, -0.05) is 18.6 Å². The molecule has 2 heterocycles. The summed E-state index contributed by atoms with van der Waals surface area (Å²) in [6.45, 7) is 5.93. The Labute approximate surface area is 147 Å². The number of carbonyl (C=O) groups is 1. The molecule has 1 aromatic carbocycles. The van der Waals surface area contributed by atoms with Crippen LogP contribution in [0, 0.1) is 6.92 Å². The van der Waals surface area contributed by atoms with Gasteiger partial charge in [0.1, 0.15) is 5.69 Å². The minimum absolute atomic E-state index is 0.0116. The number of likely N-dealkylation sites (tertiary alicyclic amines) is 1. The van der Waals surface area contributed by atoms with Gasteiger partial charge in [-0.2, -0.15) is 0 Å². The van der Waals surface area contributed by atoms with E-state index >= 15 is 0 Å². The van der Waals surface area contributed by atoms with Crippen molar-refractivity contribution < 1.29 is 4.79 Å². The average Bonchev–Trinajstić information content (AvgIpc) is 2.63. The Balaban J connectivity index is 1.56. The Morgan fingerprint density at radius 3 is 2.72 bits per heavy atom. The average molecular weight is 342 g/mol. The number of nitrogens with one attached hydrogen (secondary N) is 1. The molecule has 0 aliphatic carbocycles. The van der Waals surface area contributed by atoms with Crippen LogP contribution in [0.1, 0.15) is 31.4 Å². The summed E-state index contributed by atoms with van der Waals surface area (Å²) in [7, 11) is 0. The van der Waals surface area contributed by atoms with E-state index in [1.807, 2.05) is 24.3 Å². The maximum atomic E-state index is 12.4. The first-order valence-electron chi connectivity index (χ1n) is 9.10. The second kappa shape index (κ2) is 8.25. The van der Waals surface area contributed by atoms with E-state index in [2.05, 4.69) is 15.2 Å². The van der Waals surface area contributed by atoms with Crippen LogP contribution in [0.4, 0.5) is 0 Å². The molecule has 0 saturated carbocycles. The topological polar surface area (TPSA) is 67.2 Å². The molecule has 1 aliphatic rings. The smallest absolute Gasteiger partial charge is 0.272 e. The number of fused-ring (bicyclic) bond motifs is 1. The zero-order valence-electron chi connectivity index (χ0n) is 14.8. The van der Waals surface area contributed by atoms with E-state index in [0.717, 1.165) is 30.7 Å². The molecule has 1 saturated heterocycles. The van der Waals surface area contributed by atoms with Crippen LogP contribution in [-0.4, -0.2) is 46.5 Å². The first-order chi connectivity index (χ1) is 12.1. The number of para-hydroxylation sites is 2. The molecule has 134 valence electrons. The van der Waals surface area contributed by atoms with Gasteiger partial charge in [0.25, 0.3) is 5.56 Å². The van der Waals surface area contributed by atoms with Gasteiger partial charge in [0, 0.05) is 26.1 Å². The fourth-order valence-corrected chi connectivity index (χ4v) is 3.38. The lowest BCUT2D eigenvalue weighted by Gasteiger charge is -2.26. The summed E-state index contributed by atoms with van der Waals surface area (Å²) in [6, 6.07) is 7.54. The molecule has 0 bridgehead atoms. The van der Waals surface area contributed by atoms with Crippen LogP contribution in [-0.2, 0) is 11.3 Å². The molecule has 1 aliphatic heterocycles. The molecule has 0 unspecified atom stereocenters. The fraction of sp³-hybridized carbons (Fsp3) is 0.526. The van der Waals surface area contributed by atoms with E-state index < -0.39 is 0 Å². The summed E-state index contributed by atoms with van der Waals surface area (Å²) in [4.78, 5) is 31.2. The summed E-state index contributed by atoms with van der Waals surface area (Å²) >= 11 is 0. The molecule has 6 heteroatoms. The molecule has 6 nitrogen and oxygen atoms in total. The number of hydrogen-bond donors (Lipinski definition) is 1. The fourth-order valence-electron chi connectivity index (χ4n) is 3.38. The molecule has 2 aromatic rings. The molecule has 3 rings (SSSR count). The third kappa shape index (κ3) is 4.45. The molecule has 1 aromatic heterocycles. The molecular formula is C19H26N4O2. The minimum atomic E-state index is -0.125. The minimum Gasteiger partial charge on any atom is -0.355 e. The number of benzene rings is 1. The SMILES string of the molecule is Cc1nc2ccccc2n(CCC(=O)NCCN2CCCCC2)c1=O. The molecule has 1 amide bonds. The van der Waals surface area contributed by atoms with Gasteiger partial charge >= 0.3 is 0 Å². The van der Waals surface area contributed by atoms with E-state index in [-0.39, 0.29) is 11.5 Å². The Morgan fingerprint density at radius 1 is 1.16 bits per heavy atom. The highest BCUT2D eigenvalue weighted by Gasteiger charge is 2.11. The Bertz CT molecular complexity index is 794. The predicted molar refractivity (Wildman–Crippen MR) is 98.7 cm³/mol. The lowest BCUT2D eigenvalue weighted by molar-refractivity contribution is -0.121. The van der Waals surface area contributed by atoms with Crippen molar-refractivity contribution in [3.63, 3.8) is 0 Å². The Kier molecular flexibility index (Phi) is 5.81. The van der Waals surface area contributed by atoms with Crippen LogP contribution in [0.2, 0.25) is 0 Å². The van der Waals surface area contributed by atoms with Crippen molar-refractivity contribution >= 4 is 16.9 Å². The van der Waals surface area contributed by atoms with Crippen LogP contribution < -0.4 is 10.9 Å². The maximum Gasteiger partial charge on any atom is 0.272 e. The standard InChI is InChI=1S/C19H26N4O2/c1-15-19(25)23(17-8-4-3-7-16(17)21-15)13-9-18(24)20-10-14-22-11-5-2-6-12-22/h3-4,7-8H,2,5-6,9-14H2,1H3,(H,20,24). The Hall–Kier alpha value is -2.21. The highest BCUT2D eigenvalue weighted by Crippen LogP contribution is 2.10. The third-order valence-corrected chi connectivity index (χ3v) is 4.78. The molecule has 25 heavy (non-hydrogen) atoms. The summed E-state index contributed by atoms with van der Waals surface area (Å²) in [6.07, 6.45) is 4.13. The number of aromatic nitrogens is 2. The van der Waals surface area contributed by atoms with Gasteiger partial charge < -0.3 is 14.8 Å². The number of carbonyl (C=O) groups excluding carboxylic acids is 1. The van der Waals surface area contributed by atoms with Crippen LogP contribution in [0.5, 0.6) is 0 Å². The summed E-state index contributed by atoms with van der Waals surface area (Å²) in [5.74, 6) is -0.0116. The second-order valence-corrected chi connectivity index (χ2v) is 6.64. The monoisotopic (exact) mass is 342 g/mol. The number of nitrogens with zero attached hydrogens (tertiary/aromatic N) is 3. The summed E-state index contributed by atoms with van der Waals surface area (Å²) in [5, 5.41) is 2.97. The van der Waals surface area contributed by atoms with Crippen molar-refractivity contribution in [1.82, 2.24) is 19.8 Å². The van der Waals surface area contributed by atoms with Crippen LogP contribution in [0.15, 0.2) is 29.1 Å². The molecule has 1 N–H and O–H groups in total. The van der Waals surface area contributed by atoms with Gasteiger partial charge in [-0.3, -0.25) is 9.59 Å². The number of rotatable bonds is 6. The van der Waals surface area contributed by atoms with Crippen molar-refractivity contribution in [3.05, 3.63) is 40.3 Å².